The number of hydrogen-bond donors (Lipinski definition) is 1. The molecule has 2 aliphatic rings. The SMILES string of the molecule is C[C@@H](CN1CCc2ccccc2C1)NC(=O)c1cnc2c(c1)CCCC2. The second kappa shape index (κ2) is 7.58. The summed E-state index contributed by atoms with van der Waals surface area (Å²) in [6.45, 7) is 4.98. The molecule has 0 bridgehead atoms. The van der Waals surface area contributed by atoms with Gasteiger partial charge in [-0.1, -0.05) is 24.3 Å². The van der Waals surface area contributed by atoms with Crippen LogP contribution in [0, 0.1) is 0 Å². The smallest absolute Gasteiger partial charge is 0.253 e. The Hall–Kier alpha value is -2.20. The lowest BCUT2D eigenvalue weighted by Gasteiger charge is -2.31. The first-order chi connectivity index (χ1) is 12.7. The van der Waals surface area contributed by atoms with E-state index in [1.54, 1.807) is 6.20 Å². The van der Waals surface area contributed by atoms with Crippen LogP contribution in [0.2, 0.25) is 0 Å². The first-order valence-electron chi connectivity index (χ1n) is 9.77. The van der Waals surface area contributed by atoms with E-state index in [9.17, 15) is 4.79 Å². The van der Waals surface area contributed by atoms with E-state index in [0.29, 0.717) is 5.56 Å². The van der Waals surface area contributed by atoms with Crippen molar-refractivity contribution in [3.05, 3.63) is 64.5 Å². The fraction of sp³-hybridized carbons (Fsp3) is 0.455. The van der Waals surface area contributed by atoms with Crippen molar-refractivity contribution in [2.24, 2.45) is 0 Å². The minimum Gasteiger partial charge on any atom is -0.348 e. The first-order valence-corrected chi connectivity index (χ1v) is 9.77. The maximum Gasteiger partial charge on any atom is 0.253 e. The van der Waals surface area contributed by atoms with Gasteiger partial charge in [-0.3, -0.25) is 14.7 Å². The van der Waals surface area contributed by atoms with Crippen LogP contribution in [-0.2, 0) is 25.8 Å². The average Bonchev–Trinajstić information content (AvgIpc) is 2.67. The van der Waals surface area contributed by atoms with Crippen molar-refractivity contribution in [1.82, 2.24) is 15.2 Å². The van der Waals surface area contributed by atoms with E-state index in [-0.39, 0.29) is 11.9 Å². The van der Waals surface area contributed by atoms with Gasteiger partial charge in [0.2, 0.25) is 0 Å². The van der Waals surface area contributed by atoms with Gasteiger partial charge in [0.15, 0.2) is 0 Å². The quantitative estimate of drug-likeness (QED) is 0.922. The van der Waals surface area contributed by atoms with Gasteiger partial charge in [-0.25, -0.2) is 0 Å². The molecule has 0 spiro atoms. The van der Waals surface area contributed by atoms with Crippen molar-refractivity contribution in [2.75, 3.05) is 13.1 Å². The van der Waals surface area contributed by atoms with Crippen LogP contribution >= 0.6 is 0 Å². The molecule has 1 N–H and O–H groups in total. The number of amides is 1. The number of pyridine rings is 1. The van der Waals surface area contributed by atoms with Gasteiger partial charge in [-0.05, 0) is 61.8 Å². The van der Waals surface area contributed by atoms with Gasteiger partial charge in [-0.15, -0.1) is 0 Å². The van der Waals surface area contributed by atoms with E-state index in [1.807, 2.05) is 6.07 Å². The average molecular weight is 349 g/mol. The molecule has 2 heterocycles. The Bertz CT molecular complexity index is 802. The van der Waals surface area contributed by atoms with Crippen LogP contribution < -0.4 is 5.32 Å². The van der Waals surface area contributed by atoms with Crippen LogP contribution in [-0.4, -0.2) is 34.9 Å². The highest BCUT2D eigenvalue weighted by molar-refractivity contribution is 5.94. The molecule has 1 atom stereocenters. The lowest BCUT2D eigenvalue weighted by atomic mass is 9.95. The summed E-state index contributed by atoms with van der Waals surface area (Å²) in [5.74, 6) is -0.00390. The normalized spacial score (nSPS) is 17.9. The van der Waals surface area contributed by atoms with Gasteiger partial charge in [0.05, 0.1) is 5.56 Å². The fourth-order valence-corrected chi connectivity index (χ4v) is 4.16. The second-order valence-electron chi connectivity index (χ2n) is 7.67. The molecule has 4 nitrogen and oxygen atoms in total. The van der Waals surface area contributed by atoms with Gasteiger partial charge in [-0.2, -0.15) is 0 Å². The molecular weight excluding hydrogens is 322 g/mol. The van der Waals surface area contributed by atoms with E-state index < -0.39 is 0 Å². The molecule has 0 fully saturated rings. The van der Waals surface area contributed by atoms with Crippen LogP contribution in [0.25, 0.3) is 0 Å². The van der Waals surface area contributed by atoms with Gasteiger partial charge in [0.25, 0.3) is 5.91 Å². The lowest BCUT2D eigenvalue weighted by Crippen LogP contribution is -2.43. The molecule has 1 aromatic heterocycles. The topological polar surface area (TPSA) is 45.2 Å². The Morgan fingerprint density at radius 1 is 1.15 bits per heavy atom. The molecule has 1 aliphatic carbocycles. The Morgan fingerprint density at radius 2 is 1.96 bits per heavy atom. The van der Waals surface area contributed by atoms with Crippen LogP contribution in [0.4, 0.5) is 0 Å². The summed E-state index contributed by atoms with van der Waals surface area (Å²) in [5, 5.41) is 3.15. The summed E-state index contributed by atoms with van der Waals surface area (Å²) in [6, 6.07) is 10.8. The third-order valence-electron chi connectivity index (χ3n) is 5.55. The number of benzene rings is 1. The van der Waals surface area contributed by atoms with E-state index in [0.717, 1.165) is 38.9 Å². The molecule has 4 rings (SSSR count). The third kappa shape index (κ3) is 3.80. The zero-order valence-corrected chi connectivity index (χ0v) is 15.5. The van der Waals surface area contributed by atoms with Crippen LogP contribution in [0.1, 0.15) is 52.5 Å². The maximum atomic E-state index is 12.6. The van der Waals surface area contributed by atoms with E-state index in [4.69, 9.17) is 0 Å². The van der Waals surface area contributed by atoms with Gasteiger partial charge in [0.1, 0.15) is 0 Å². The van der Waals surface area contributed by atoms with Gasteiger partial charge >= 0.3 is 0 Å². The van der Waals surface area contributed by atoms with E-state index in [1.165, 1.54) is 35.2 Å². The number of nitrogens with one attached hydrogen (secondary N) is 1. The van der Waals surface area contributed by atoms with E-state index >= 15 is 0 Å². The van der Waals surface area contributed by atoms with Crippen molar-refractivity contribution >= 4 is 5.91 Å². The molecule has 1 aliphatic heterocycles. The Kier molecular flexibility index (Phi) is 5.02. The van der Waals surface area contributed by atoms with Crippen LogP contribution in [0.15, 0.2) is 36.5 Å². The highest BCUT2D eigenvalue weighted by Crippen LogP contribution is 2.20. The molecule has 26 heavy (non-hydrogen) atoms. The number of aromatic nitrogens is 1. The predicted molar refractivity (Wildman–Crippen MR) is 103 cm³/mol. The number of carbonyl (C=O) groups excluding carboxylic acids is 1. The molecule has 0 saturated heterocycles. The molecule has 2 aromatic rings. The van der Waals surface area contributed by atoms with Crippen molar-refractivity contribution in [2.45, 2.75) is 51.6 Å². The summed E-state index contributed by atoms with van der Waals surface area (Å²) in [7, 11) is 0. The zero-order valence-electron chi connectivity index (χ0n) is 15.5. The number of aryl methyl sites for hydroxylation is 2. The zero-order chi connectivity index (χ0) is 17.9. The Labute approximate surface area is 155 Å². The highest BCUT2D eigenvalue weighted by atomic mass is 16.1. The molecule has 1 aromatic carbocycles. The summed E-state index contributed by atoms with van der Waals surface area (Å²) in [6.07, 6.45) is 7.33. The summed E-state index contributed by atoms with van der Waals surface area (Å²) >= 11 is 0. The predicted octanol–water partition coefficient (Wildman–Crippen LogP) is 3.14. The van der Waals surface area contributed by atoms with E-state index in [2.05, 4.69) is 46.4 Å². The van der Waals surface area contributed by atoms with Gasteiger partial charge in [0, 0.05) is 37.6 Å². The molecule has 0 saturated carbocycles. The first kappa shape index (κ1) is 17.2. The number of carbonyl (C=O) groups is 1. The summed E-state index contributed by atoms with van der Waals surface area (Å²) in [5.41, 5.74) is 6.00. The van der Waals surface area contributed by atoms with Gasteiger partial charge < -0.3 is 5.32 Å². The van der Waals surface area contributed by atoms with Crippen molar-refractivity contribution < 1.29 is 4.79 Å². The second-order valence-corrected chi connectivity index (χ2v) is 7.67. The third-order valence-corrected chi connectivity index (χ3v) is 5.55. The molecule has 0 unspecified atom stereocenters. The Balaban J connectivity index is 1.35. The number of rotatable bonds is 4. The largest absolute Gasteiger partial charge is 0.348 e. The highest BCUT2D eigenvalue weighted by Gasteiger charge is 2.20. The van der Waals surface area contributed by atoms with Crippen LogP contribution in [0.3, 0.4) is 0 Å². The number of hydrogen-bond acceptors (Lipinski definition) is 3. The fourth-order valence-electron chi connectivity index (χ4n) is 4.16. The maximum absolute atomic E-state index is 12.6. The van der Waals surface area contributed by atoms with Crippen molar-refractivity contribution in [3.8, 4) is 0 Å². The summed E-state index contributed by atoms with van der Waals surface area (Å²) in [4.78, 5) is 19.6. The number of fused-ring (bicyclic) bond motifs is 2. The summed E-state index contributed by atoms with van der Waals surface area (Å²) < 4.78 is 0. The molecule has 136 valence electrons. The lowest BCUT2D eigenvalue weighted by molar-refractivity contribution is 0.0926. The minimum absolute atomic E-state index is 0.00390. The molecule has 1 amide bonds. The monoisotopic (exact) mass is 349 g/mol. The minimum atomic E-state index is -0.00390. The number of nitrogens with zero attached hydrogens (tertiary/aromatic N) is 2. The van der Waals surface area contributed by atoms with Crippen molar-refractivity contribution in [3.63, 3.8) is 0 Å². The molecular formula is C22H27N3O. The van der Waals surface area contributed by atoms with Crippen LogP contribution in [0.5, 0.6) is 0 Å². The van der Waals surface area contributed by atoms with Crippen molar-refractivity contribution in [1.29, 1.82) is 0 Å². The Morgan fingerprint density at radius 3 is 2.85 bits per heavy atom. The molecule has 4 heteroatoms. The molecule has 0 radical (unpaired) electrons. The standard InChI is InChI=1S/C22H27N3O/c1-16(14-25-11-10-17-6-2-3-8-19(17)15-25)24-22(26)20-12-18-7-4-5-9-21(18)23-13-20/h2-3,6,8,12-13,16H,4-5,7,9-11,14-15H2,1H3,(H,24,26)/t16-/m0/s1.